The van der Waals surface area contributed by atoms with Gasteiger partial charge in [-0.05, 0) is 36.8 Å². The lowest BCUT2D eigenvalue weighted by Gasteiger charge is -2.05. The van der Waals surface area contributed by atoms with Gasteiger partial charge in [-0.15, -0.1) is 0 Å². The molecule has 25 heavy (non-hydrogen) atoms. The molecule has 4 aromatic rings. The first-order valence-corrected chi connectivity index (χ1v) is 8.10. The lowest BCUT2D eigenvalue weighted by Crippen LogP contribution is -1.95. The molecule has 0 spiro atoms. The van der Waals surface area contributed by atoms with Gasteiger partial charge < -0.3 is 4.42 Å². The van der Waals surface area contributed by atoms with Crippen molar-refractivity contribution in [3.05, 3.63) is 90.5 Å². The Morgan fingerprint density at radius 1 is 0.920 bits per heavy atom. The largest absolute Gasteiger partial charge is 0.460 e. The lowest BCUT2D eigenvalue weighted by atomic mass is 10.1. The Kier molecular flexibility index (Phi) is 4.01. The van der Waals surface area contributed by atoms with Crippen molar-refractivity contribution in [3.8, 4) is 16.8 Å². The van der Waals surface area contributed by atoms with Crippen molar-refractivity contribution >= 4 is 12.0 Å². The second-order valence-electron chi connectivity index (χ2n) is 5.70. The zero-order valence-corrected chi connectivity index (χ0v) is 13.8. The molecular formula is C21H17N3O. The van der Waals surface area contributed by atoms with E-state index in [-0.39, 0.29) is 0 Å². The predicted molar refractivity (Wildman–Crippen MR) is 99.7 cm³/mol. The van der Waals surface area contributed by atoms with Crippen molar-refractivity contribution in [2.45, 2.75) is 6.92 Å². The van der Waals surface area contributed by atoms with Crippen LogP contribution < -0.4 is 0 Å². The Morgan fingerprint density at radius 2 is 1.64 bits per heavy atom. The van der Waals surface area contributed by atoms with Crippen LogP contribution in [0.4, 0.5) is 5.82 Å². The van der Waals surface area contributed by atoms with E-state index in [1.165, 1.54) is 0 Å². The highest BCUT2D eigenvalue weighted by atomic mass is 16.3. The van der Waals surface area contributed by atoms with Gasteiger partial charge in [-0.2, -0.15) is 5.10 Å². The van der Waals surface area contributed by atoms with Crippen LogP contribution in [0.3, 0.4) is 0 Å². The van der Waals surface area contributed by atoms with Gasteiger partial charge in [-0.25, -0.2) is 9.67 Å². The molecule has 0 aliphatic carbocycles. The minimum Gasteiger partial charge on any atom is -0.460 e. The Balaban J connectivity index is 1.83. The van der Waals surface area contributed by atoms with Crippen LogP contribution in [-0.4, -0.2) is 16.0 Å². The molecule has 2 aromatic heterocycles. The van der Waals surface area contributed by atoms with Gasteiger partial charge in [0.15, 0.2) is 5.82 Å². The van der Waals surface area contributed by atoms with E-state index in [9.17, 15) is 0 Å². The van der Waals surface area contributed by atoms with Crippen molar-refractivity contribution in [1.29, 1.82) is 0 Å². The quantitative estimate of drug-likeness (QED) is 0.484. The average Bonchev–Trinajstić information content (AvgIpc) is 3.27. The van der Waals surface area contributed by atoms with Gasteiger partial charge in [0.1, 0.15) is 11.5 Å². The van der Waals surface area contributed by atoms with Gasteiger partial charge in [0.25, 0.3) is 0 Å². The van der Waals surface area contributed by atoms with Crippen LogP contribution in [0.5, 0.6) is 0 Å². The highest BCUT2D eigenvalue weighted by molar-refractivity contribution is 5.83. The number of aliphatic imine (C=N–C) groups is 1. The van der Waals surface area contributed by atoms with E-state index in [2.05, 4.69) is 22.2 Å². The summed E-state index contributed by atoms with van der Waals surface area (Å²) >= 11 is 0. The Hall–Kier alpha value is -3.40. The Labute approximate surface area is 146 Å². The fourth-order valence-electron chi connectivity index (χ4n) is 2.69. The van der Waals surface area contributed by atoms with Crippen molar-refractivity contribution in [2.75, 3.05) is 0 Å². The fourth-order valence-corrected chi connectivity index (χ4v) is 2.69. The molecule has 0 unspecified atom stereocenters. The molecule has 122 valence electrons. The van der Waals surface area contributed by atoms with Crippen molar-refractivity contribution < 1.29 is 4.42 Å². The number of para-hydroxylation sites is 1. The molecule has 0 amide bonds. The smallest absolute Gasteiger partial charge is 0.163 e. The van der Waals surface area contributed by atoms with Crippen LogP contribution in [0.15, 0.2) is 88.4 Å². The van der Waals surface area contributed by atoms with Crippen molar-refractivity contribution in [2.24, 2.45) is 4.99 Å². The first-order valence-electron chi connectivity index (χ1n) is 8.10. The number of hydrogen-bond donors (Lipinski definition) is 0. The summed E-state index contributed by atoms with van der Waals surface area (Å²) in [5.41, 5.74) is 3.02. The Bertz CT molecular complexity index is 941. The summed E-state index contributed by atoms with van der Waals surface area (Å²) in [6.45, 7) is 1.92. The van der Waals surface area contributed by atoms with Gasteiger partial charge in [-0.3, -0.25) is 0 Å². The van der Waals surface area contributed by atoms with Gasteiger partial charge in [0.2, 0.25) is 0 Å². The number of nitrogens with zero attached hydrogens (tertiary/aromatic N) is 3. The summed E-state index contributed by atoms with van der Waals surface area (Å²) in [4.78, 5) is 4.68. The van der Waals surface area contributed by atoms with E-state index in [1.54, 1.807) is 6.21 Å². The molecule has 0 aliphatic heterocycles. The zero-order chi connectivity index (χ0) is 17.1. The molecule has 0 saturated carbocycles. The maximum absolute atomic E-state index is 5.59. The van der Waals surface area contributed by atoms with Crippen LogP contribution in [-0.2, 0) is 0 Å². The molecule has 0 N–H and O–H groups in total. The number of benzene rings is 2. The molecule has 0 fully saturated rings. The van der Waals surface area contributed by atoms with E-state index >= 15 is 0 Å². The third-order valence-electron chi connectivity index (χ3n) is 3.90. The molecule has 0 saturated heterocycles. The molecule has 4 heteroatoms. The van der Waals surface area contributed by atoms with Crippen molar-refractivity contribution in [1.82, 2.24) is 9.78 Å². The number of hydrogen-bond acceptors (Lipinski definition) is 3. The average molecular weight is 327 g/mol. The van der Waals surface area contributed by atoms with Gasteiger partial charge in [0.05, 0.1) is 18.1 Å². The van der Waals surface area contributed by atoms with Crippen LogP contribution >= 0.6 is 0 Å². The fraction of sp³-hybridized carbons (Fsp3) is 0.0476. The monoisotopic (exact) mass is 327 g/mol. The molecule has 2 heterocycles. The van der Waals surface area contributed by atoms with E-state index in [0.717, 1.165) is 34.2 Å². The molecule has 0 atom stereocenters. The molecule has 0 aliphatic rings. The number of aromatic nitrogens is 2. The molecule has 0 radical (unpaired) electrons. The second kappa shape index (κ2) is 6.61. The first kappa shape index (κ1) is 15.1. The van der Waals surface area contributed by atoms with E-state index in [0.29, 0.717) is 0 Å². The summed E-state index contributed by atoms with van der Waals surface area (Å²) in [5, 5.41) is 4.55. The highest BCUT2D eigenvalue weighted by Crippen LogP contribution is 2.32. The molecular weight excluding hydrogens is 310 g/mol. The molecule has 0 bridgehead atoms. The molecule has 4 nitrogen and oxygen atoms in total. The minimum atomic E-state index is 0.720. The third kappa shape index (κ3) is 3.15. The van der Waals surface area contributed by atoms with Crippen LogP contribution in [0, 0.1) is 6.92 Å². The summed E-state index contributed by atoms with van der Waals surface area (Å²) in [6, 6.07) is 24.0. The number of aryl methyl sites for hydroxylation is 1. The highest BCUT2D eigenvalue weighted by Gasteiger charge is 2.13. The standard InChI is InChI=1S/C21H17N3O/c1-16-12-13-19(25-16)14-22-21-20(17-8-4-2-5-9-17)15-23-24(21)18-10-6-3-7-11-18/h2-15H,1H3/b22-14+. The van der Waals surface area contributed by atoms with Gasteiger partial charge >= 0.3 is 0 Å². The minimum absolute atomic E-state index is 0.720. The maximum atomic E-state index is 5.59. The summed E-state index contributed by atoms with van der Waals surface area (Å²) < 4.78 is 7.44. The molecule has 2 aromatic carbocycles. The van der Waals surface area contributed by atoms with Crippen LogP contribution in [0.25, 0.3) is 16.8 Å². The van der Waals surface area contributed by atoms with Gasteiger partial charge in [0, 0.05) is 5.56 Å². The predicted octanol–water partition coefficient (Wildman–Crippen LogP) is 5.19. The molecule has 4 rings (SSSR count). The zero-order valence-electron chi connectivity index (χ0n) is 13.8. The van der Waals surface area contributed by atoms with Crippen LogP contribution in [0.1, 0.15) is 11.5 Å². The summed E-state index contributed by atoms with van der Waals surface area (Å²) in [5.74, 6) is 2.35. The Morgan fingerprint density at radius 3 is 2.32 bits per heavy atom. The topological polar surface area (TPSA) is 43.3 Å². The van der Waals surface area contributed by atoms with Gasteiger partial charge in [-0.1, -0.05) is 48.5 Å². The third-order valence-corrected chi connectivity index (χ3v) is 3.90. The van der Waals surface area contributed by atoms with E-state index in [4.69, 9.17) is 4.42 Å². The van der Waals surface area contributed by atoms with Crippen LogP contribution in [0.2, 0.25) is 0 Å². The van der Waals surface area contributed by atoms with E-state index < -0.39 is 0 Å². The number of rotatable bonds is 4. The second-order valence-corrected chi connectivity index (χ2v) is 5.70. The lowest BCUT2D eigenvalue weighted by molar-refractivity contribution is 0.528. The first-order chi connectivity index (χ1) is 12.3. The van der Waals surface area contributed by atoms with Crippen molar-refractivity contribution in [3.63, 3.8) is 0 Å². The SMILES string of the molecule is Cc1ccc(/C=N/c2c(-c3ccccc3)cnn2-c2ccccc2)o1. The maximum Gasteiger partial charge on any atom is 0.163 e. The summed E-state index contributed by atoms with van der Waals surface area (Å²) in [7, 11) is 0. The van der Waals surface area contributed by atoms with E-state index in [1.807, 2.05) is 78.5 Å². The number of furan rings is 1. The normalized spacial score (nSPS) is 11.2. The summed E-state index contributed by atoms with van der Waals surface area (Å²) in [6.07, 6.45) is 3.58.